The number of halogens is 1. The highest BCUT2D eigenvalue weighted by Gasteiger charge is 2.16. The fraction of sp³-hybridized carbons (Fsp3) is 0.467. The highest BCUT2D eigenvalue weighted by atomic mass is 35.5. The molecule has 0 saturated heterocycles. The van der Waals surface area contributed by atoms with Gasteiger partial charge in [0.1, 0.15) is 11.3 Å². The number of furan rings is 1. The molecule has 20 heavy (non-hydrogen) atoms. The molecule has 0 radical (unpaired) electrons. The van der Waals surface area contributed by atoms with Gasteiger partial charge in [-0.05, 0) is 43.9 Å². The lowest BCUT2D eigenvalue weighted by molar-refractivity contribution is 0.263. The molecule has 0 spiro atoms. The normalized spacial score (nSPS) is 14.6. The van der Waals surface area contributed by atoms with Gasteiger partial charge in [-0.1, -0.05) is 11.6 Å². The van der Waals surface area contributed by atoms with Crippen molar-refractivity contribution in [2.24, 2.45) is 0 Å². The van der Waals surface area contributed by atoms with Gasteiger partial charge < -0.3 is 14.8 Å². The second-order valence-corrected chi connectivity index (χ2v) is 6.23. The fourth-order valence-corrected chi connectivity index (χ4v) is 3.10. The number of benzene rings is 1. The number of hydrogen-bond donors (Lipinski definition) is 2. The number of hydrogen-bond acceptors (Lipinski definition) is 4. The van der Waals surface area contributed by atoms with Crippen LogP contribution < -0.4 is 5.32 Å². The van der Waals surface area contributed by atoms with E-state index >= 15 is 0 Å². The molecule has 0 saturated carbocycles. The van der Waals surface area contributed by atoms with Gasteiger partial charge in [0.05, 0.1) is 6.04 Å². The molecule has 1 heterocycles. The molecule has 1 aromatic carbocycles. The molecule has 0 aliphatic rings. The molecule has 110 valence electrons. The number of fused-ring (bicyclic) bond motifs is 1. The number of rotatable bonds is 7. The van der Waals surface area contributed by atoms with Crippen molar-refractivity contribution in [2.75, 3.05) is 18.6 Å². The molecule has 3 nitrogen and oxygen atoms in total. The maximum atomic E-state index is 9.10. The molecule has 2 rings (SSSR count). The Morgan fingerprint density at radius 3 is 2.90 bits per heavy atom. The molecule has 0 amide bonds. The van der Waals surface area contributed by atoms with Crippen LogP contribution in [0.1, 0.15) is 25.1 Å². The Morgan fingerprint density at radius 1 is 1.40 bits per heavy atom. The topological polar surface area (TPSA) is 45.4 Å². The van der Waals surface area contributed by atoms with Crippen LogP contribution in [0.5, 0.6) is 0 Å². The summed E-state index contributed by atoms with van der Waals surface area (Å²) in [7, 11) is 0. The summed E-state index contributed by atoms with van der Waals surface area (Å²) < 4.78 is 5.85. The van der Waals surface area contributed by atoms with Crippen molar-refractivity contribution >= 4 is 34.3 Å². The van der Waals surface area contributed by atoms with Crippen molar-refractivity contribution in [2.45, 2.75) is 25.4 Å². The van der Waals surface area contributed by atoms with Gasteiger partial charge in [-0.2, -0.15) is 11.8 Å². The second-order valence-electron chi connectivity index (χ2n) is 4.88. The quantitative estimate of drug-likeness (QED) is 0.815. The summed E-state index contributed by atoms with van der Waals surface area (Å²) in [6.07, 6.45) is 2.82. The summed E-state index contributed by atoms with van der Waals surface area (Å²) in [5.74, 6) is 1.86. The van der Waals surface area contributed by atoms with Crippen LogP contribution in [0.4, 0.5) is 0 Å². The average Bonchev–Trinajstić information content (AvgIpc) is 2.82. The van der Waals surface area contributed by atoms with E-state index in [-0.39, 0.29) is 18.7 Å². The van der Waals surface area contributed by atoms with Crippen molar-refractivity contribution in [1.29, 1.82) is 0 Å². The van der Waals surface area contributed by atoms with Crippen molar-refractivity contribution in [3.63, 3.8) is 0 Å². The van der Waals surface area contributed by atoms with E-state index in [1.807, 2.05) is 24.3 Å². The summed E-state index contributed by atoms with van der Waals surface area (Å²) in [5, 5.41) is 14.3. The predicted octanol–water partition coefficient (Wildman–Crippen LogP) is 3.85. The van der Waals surface area contributed by atoms with E-state index in [2.05, 4.69) is 18.5 Å². The number of nitrogens with one attached hydrogen (secondary N) is 1. The standard InChI is InChI=1S/C15H20ClNO2S/c1-10(17-13(5-6-18)9-20-2)15-8-11-7-12(16)3-4-14(11)19-15/h3-4,7-8,10,13,17-18H,5-6,9H2,1-2H3. The van der Waals surface area contributed by atoms with Gasteiger partial charge in [-0.15, -0.1) is 0 Å². The maximum Gasteiger partial charge on any atom is 0.134 e. The number of aliphatic hydroxyl groups excluding tert-OH is 1. The van der Waals surface area contributed by atoms with E-state index in [0.29, 0.717) is 5.02 Å². The maximum absolute atomic E-state index is 9.10. The molecule has 2 aromatic rings. The SMILES string of the molecule is CSCC(CCO)NC(C)c1cc2cc(Cl)ccc2o1. The molecule has 0 aliphatic carbocycles. The Morgan fingerprint density at radius 2 is 2.20 bits per heavy atom. The van der Waals surface area contributed by atoms with Crippen LogP contribution in [-0.4, -0.2) is 29.8 Å². The molecule has 2 unspecified atom stereocenters. The number of thioether (sulfide) groups is 1. The van der Waals surface area contributed by atoms with Crippen LogP contribution >= 0.6 is 23.4 Å². The second kappa shape index (κ2) is 7.36. The van der Waals surface area contributed by atoms with Gasteiger partial charge in [0.25, 0.3) is 0 Å². The molecular weight excluding hydrogens is 294 g/mol. The van der Waals surface area contributed by atoms with E-state index in [0.717, 1.165) is 28.9 Å². The van der Waals surface area contributed by atoms with E-state index in [1.165, 1.54) is 0 Å². The van der Waals surface area contributed by atoms with E-state index in [4.69, 9.17) is 21.1 Å². The van der Waals surface area contributed by atoms with E-state index < -0.39 is 0 Å². The minimum atomic E-state index is 0.102. The zero-order chi connectivity index (χ0) is 14.5. The minimum absolute atomic E-state index is 0.102. The first-order valence-electron chi connectivity index (χ1n) is 6.69. The van der Waals surface area contributed by atoms with Crippen molar-refractivity contribution in [1.82, 2.24) is 5.32 Å². The van der Waals surface area contributed by atoms with Crippen LogP contribution in [0.2, 0.25) is 5.02 Å². The first kappa shape index (κ1) is 15.7. The van der Waals surface area contributed by atoms with Gasteiger partial charge in [-0.25, -0.2) is 0 Å². The summed E-state index contributed by atoms with van der Waals surface area (Å²) in [6.45, 7) is 2.27. The molecule has 1 aromatic heterocycles. The Balaban J connectivity index is 2.11. The highest BCUT2D eigenvalue weighted by Crippen LogP contribution is 2.26. The van der Waals surface area contributed by atoms with Gasteiger partial charge in [-0.3, -0.25) is 0 Å². The fourth-order valence-electron chi connectivity index (χ4n) is 2.26. The third kappa shape index (κ3) is 3.92. The predicted molar refractivity (Wildman–Crippen MR) is 86.6 cm³/mol. The van der Waals surface area contributed by atoms with Gasteiger partial charge in [0.2, 0.25) is 0 Å². The first-order chi connectivity index (χ1) is 9.63. The van der Waals surface area contributed by atoms with Crippen LogP contribution in [0.15, 0.2) is 28.7 Å². The Hall–Kier alpha value is -0.680. The van der Waals surface area contributed by atoms with Crippen LogP contribution in [0, 0.1) is 0 Å². The lowest BCUT2D eigenvalue weighted by atomic mass is 10.1. The summed E-state index contributed by atoms with van der Waals surface area (Å²) in [6, 6.07) is 8.03. The van der Waals surface area contributed by atoms with Crippen molar-refractivity contribution in [3.05, 3.63) is 35.0 Å². The molecule has 0 aliphatic heterocycles. The monoisotopic (exact) mass is 313 g/mol. The summed E-state index contributed by atoms with van der Waals surface area (Å²) >= 11 is 7.76. The smallest absolute Gasteiger partial charge is 0.134 e. The average molecular weight is 314 g/mol. The van der Waals surface area contributed by atoms with E-state index in [9.17, 15) is 0 Å². The van der Waals surface area contributed by atoms with Crippen molar-refractivity contribution < 1.29 is 9.52 Å². The Labute approximate surface area is 128 Å². The van der Waals surface area contributed by atoms with Crippen LogP contribution in [0.3, 0.4) is 0 Å². The minimum Gasteiger partial charge on any atom is -0.459 e. The first-order valence-corrected chi connectivity index (χ1v) is 8.46. The van der Waals surface area contributed by atoms with Gasteiger partial charge >= 0.3 is 0 Å². The van der Waals surface area contributed by atoms with Gasteiger partial charge in [0.15, 0.2) is 0 Å². The third-order valence-corrected chi connectivity index (χ3v) is 4.23. The highest BCUT2D eigenvalue weighted by molar-refractivity contribution is 7.98. The zero-order valence-corrected chi connectivity index (χ0v) is 13.3. The Bertz CT molecular complexity index is 552. The lowest BCUT2D eigenvalue weighted by Gasteiger charge is -2.20. The Kier molecular flexibility index (Phi) is 5.78. The van der Waals surface area contributed by atoms with E-state index in [1.54, 1.807) is 11.8 Å². The van der Waals surface area contributed by atoms with Crippen molar-refractivity contribution in [3.8, 4) is 0 Å². The van der Waals surface area contributed by atoms with Crippen LogP contribution in [-0.2, 0) is 0 Å². The van der Waals surface area contributed by atoms with Crippen LogP contribution in [0.25, 0.3) is 11.0 Å². The third-order valence-electron chi connectivity index (χ3n) is 3.26. The summed E-state index contributed by atoms with van der Waals surface area (Å²) in [5.41, 5.74) is 0.849. The molecule has 5 heteroatoms. The van der Waals surface area contributed by atoms with Gasteiger partial charge in [0, 0.05) is 28.8 Å². The lowest BCUT2D eigenvalue weighted by Crippen LogP contribution is -2.34. The molecule has 2 atom stereocenters. The molecule has 0 bridgehead atoms. The molecular formula is C15H20ClNO2S. The zero-order valence-electron chi connectivity index (χ0n) is 11.7. The molecule has 2 N–H and O–H groups in total. The number of aliphatic hydroxyl groups is 1. The molecule has 0 fully saturated rings. The largest absolute Gasteiger partial charge is 0.459 e. The summed E-state index contributed by atoms with van der Waals surface area (Å²) in [4.78, 5) is 0.